The molecule has 11 heteroatoms. The Hall–Kier alpha value is -8.96. The number of anilines is 3. The van der Waals surface area contributed by atoms with Crippen molar-refractivity contribution >= 4 is 72.8 Å². The third-order valence-corrected chi connectivity index (χ3v) is 11.9. The summed E-state index contributed by atoms with van der Waals surface area (Å²) in [5, 5.41) is 0. The van der Waals surface area contributed by atoms with E-state index in [1.165, 1.54) is 22.3 Å². The number of para-hydroxylation sites is 1. The third kappa shape index (κ3) is 6.86. The van der Waals surface area contributed by atoms with E-state index in [4.69, 9.17) is 29.9 Å². The molecule has 0 aliphatic rings. The van der Waals surface area contributed by atoms with E-state index in [2.05, 4.69) is 190 Å². The zero-order chi connectivity index (χ0) is 44.1. The van der Waals surface area contributed by atoms with Gasteiger partial charge in [0.2, 0.25) is 0 Å². The number of aryl methyl sites for hydroxylation is 2. The molecule has 0 saturated carbocycles. The van der Waals surface area contributed by atoms with Gasteiger partial charge >= 0.3 is 0 Å². The maximum Gasteiger partial charge on any atom is 0.198 e. The largest absolute Gasteiger partial charge is 0.310 e. The van der Waals surface area contributed by atoms with Crippen LogP contribution in [0.15, 0.2) is 183 Å². The van der Waals surface area contributed by atoms with Gasteiger partial charge in [-0.25, -0.2) is 49.8 Å². The van der Waals surface area contributed by atoms with Crippen LogP contribution in [0.25, 0.3) is 78.2 Å². The Kier molecular flexibility index (Phi) is 9.37. The fourth-order valence-corrected chi connectivity index (χ4v) is 8.89. The molecule has 7 aromatic carbocycles. The summed E-state index contributed by atoms with van der Waals surface area (Å²) in [5.41, 5.74) is 16.6. The Bertz CT molecular complexity index is 3540. The predicted octanol–water partition coefficient (Wildman–Crippen LogP) is 12.0. The monoisotopic (exact) mass is 851 g/mol. The topological polar surface area (TPSA) is 132 Å². The van der Waals surface area contributed by atoms with Crippen molar-refractivity contribution in [2.45, 2.75) is 19.8 Å². The summed E-state index contributed by atoms with van der Waals surface area (Å²) >= 11 is 0. The third-order valence-electron chi connectivity index (χ3n) is 11.9. The average molecular weight is 852 g/mol. The highest BCUT2D eigenvalue weighted by Gasteiger charge is 2.24. The molecule has 66 heavy (non-hydrogen) atoms. The summed E-state index contributed by atoms with van der Waals surface area (Å²) in [6, 6.07) is 55.5. The van der Waals surface area contributed by atoms with Crippen molar-refractivity contribution in [3.63, 3.8) is 0 Å². The number of rotatable bonds is 8. The first kappa shape index (κ1) is 38.7. The van der Waals surface area contributed by atoms with Crippen LogP contribution in [0, 0.1) is 13.8 Å². The summed E-state index contributed by atoms with van der Waals surface area (Å²) in [5.74, 6) is 0.0206. The minimum Gasteiger partial charge on any atom is -0.310 e. The van der Waals surface area contributed by atoms with Gasteiger partial charge in [0.1, 0.15) is 33.1 Å². The van der Waals surface area contributed by atoms with Crippen molar-refractivity contribution < 1.29 is 0 Å². The minimum absolute atomic E-state index is 0.0206. The first-order valence-corrected chi connectivity index (χ1v) is 21.7. The number of hydrogen-bond acceptors (Lipinski definition) is 11. The second-order valence-electron chi connectivity index (χ2n) is 16.3. The van der Waals surface area contributed by atoms with Gasteiger partial charge in [0, 0.05) is 58.9 Å². The molecule has 11 nitrogen and oxygen atoms in total. The van der Waals surface area contributed by atoms with Crippen molar-refractivity contribution in [1.82, 2.24) is 49.8 Å². The van der Waals surface area contributed by atoms with Gasteiger partial charge in [0.15, 0.2) is 22.6 Å². The molecular formula is C55H37N11. The molecule has 312 valence electrons. The van der Waals surface area contributed by atoms with Crippen LogP contribution in [-0.2, 0) is 0 Å². The van der Waals surface area contributed by atoms with Gasteiger partial charge in [-0.2, -0.15) is 0 Å². The Morgan fingerprint density at radius 2 is 0.727 bits per heavy atom. The normalized spacial score (nSPS) is 12.0. The highest BCUT2D eigenvalue weighted by molar-refractivity contribution is 6.20. The lowest BCUT2D eigenvalue weighted by molar-refractivity contribution is 0.974. The fraction of sp³-hybridized carbons (Fsp3) is 0.0545. The molecule has 0 fully saturated rings. The zero-order valence-electron chi connectivity index (χ0n) is 35.8. The smallest absolute Gasteiger partial charge is 0.198 e. The second kappa shape index (κ2) is 16.0. The fourth-order valence-electron chi connectivity index (χ4n) is 8.89. The van der Waals surface area contributed by atoms with E-state index in [1.807, 2.05) is 6.07 Å². The van der Waals surface area contributed by atoms with Gasteiger partial charge in [0.25, 0.3) is 0 Å². The number of nitrogens with zero attached hydrogens (tertiary/aromatic N) is 11. The van der Waals surface area contributed by atoms with Gasteiger partial charge in [-0.3, -0.25) is 0 Å². The van der Waals surface area contributed by atoms with Crippen LogP contribution in [0.2, 0.25) is 0 Å². The van der Waals surface area contributed by atoms with Crippen LogP contribution in [0.4, 0.5) is 17.1 Å². The van der Waals surface area contributed by atoms with Crippen molar-refractivity contribution in [3.8, 4) is 22.5 Å². The quantitative estimate of drug-likeness (QED) is 0.0822. The van der Waals surface area contributed by atoms with Crippen LogP contribution in [0.3, 0.4) is 0 Å². The van der Waals surface area contributed by atoms with Crippen LogP contribution in [-0.4, -0.2) is 49.8 Å². The average Bonchev–Trinajstić information content (AvgIpc) is 3.36. The Morgan fingerprint density at radius 1 is 0.333 bits per heavy atom. The lowest BCUT2D eigenvalue weighted by atomic mass is 9.84. The van der Waals surface area contributed by atoms with E-state index in [1.54, 1.807) is 24.8 Å². The molecule has 0 amide bonds. The van der Waals surface area contributed by atoms with Crippen LogP contribution in [0.1, 0.15) is 33.7 Å². The molecule has 5 aromatic heterocycles. The Labute approximate surface area is 378 Å². The molecule has 5 heterocycles. The van der Waals surface area contributed by atoms with E-state index < -0.39 is 0 Å². The van der Waals surface area contributed by atoms with Gasteiger partial charge < -0.3 is 4.90 Å². The molecule has 0 N–H and O–H groups in total. The van der Waals surface area contributed by atoms with Crippen LogP contribution < -0.4 is 4.90 Å². The van der Waals surface area contributed by atoms with E-state index in [9.17, 15) is 0 Å². The number of benzene rings is 7. The molecule has 12 rings (SSSR count). The standard InChI is InChI=1S/C55H37N11/c1-33-11-9-15-39(31-33)43(35-13-5-3-6-14-35)36-19-21-37(22-20-36)44-45(38-23-25-41(26-24-38)66(40-16-7-4-8-17-40)42-18-10-12-34(2)32-42)61-47-46(60-44)48-50(64-54-52(62-48)56-27-29-58-54)51-49(47)63-53-55(65-51)59-30-28-57-53/h3-32,43H,1-2H3. The zero-order valence-corrected chi connectivity index (χ0v) is 35.8. The van der Waals surface area contributed by atoms with Gasteiger partial charge in [-0.1, -0.05) is 127 Å². The maximum atomic E-state index is 5.52. The van der Waals surface area contributed by atoms with Crippen LogP contribution >= 0.6 is 0 Å². The number of fused-ring (bicyclic) bond motifs is 8. The van der Waals surface area contributed by atoms with Gasteiger partial charge in [0.05, 0.1) is 11.4 Å². The summed E-state index contributed by atoms with van der Waals surface area (Å²) < 4.78 is 0. The molecule has 0 bridgehead atoms. The van der Waals surface area contributed by atoms with E-state index >= 15 is 0 Å². The lowest BCUT2D eigenvalue weighted by Crippen LogP contribution is -2.10. The van der Waals surface area contributed by atoms with Gasteiger partial charge in [-0.15, -0.1) is 0 Å². The minimum atomic E-state index is 0.0206. The molecule has 0 radical (unpaired) electrons. The summed E-state index contributed by atoms with van der Waals surface area (Å²) in [4.78, 5) is 51.3. The van der Waals surface area contributed by atoms with Crippen molar-refractivity contribution in [2.75, 3.05) is 4.90 Å². The van der Waals surface area contributed by atoms with Gasteiger partial charge in [-0.05, 0) is 72.5 Å². The Balaban J connectivity index is 1.10. The molecule has 0 aliphatic heterocycles. The molecule has 0 aliphatic carbocycles. The van der Waals surface area contributed by atoms with Crippen molar-refractivity contribution in [1.29, 1.82) is 0 Å². The van der Waals surface area contributed by atoms with E-state index in [0.29, 0.717) is 67.1 Å². The summed E-state index contributed by atoms with van der Waals surface area (Å²) in [7, 11) is 0. The Morgan fingerprint density at radius 3 is 1.23 bits per heavy atom. The van der Waals surface area contributed by atoms with E-state index in [0.717, 1.165) is 33.8 Å². The molecule has 0 spiro atoms. The number of hydrogen-bond donors (Lipinski definition) is 0. The molecule has 12 aromatic rings. The first-order chi connectivity index (χ1) is 32.5. The van der Waals surface area contributed by atoms with Crippen LogP contribution in [0.5, 0.6) is 0 Å². The maximum absolute atomic E-state index is 5.52. The first-order valence-electron chi connectivity index (χ1n) is 21.7. The molecule has 1 unspecified atom stereocenters. The predicted molar refractivity (Wildman–Crippen MR) is 261 cm³/mol. The molecule has 0 saturated heterocycles. The SMILES string of the molecule is Cc1cccc(C(c2ccccc2)c2ccc(-c3nc4c(nc3-c3ccc(N(c5ccccc5)c5cccc(C)c5)cc3)c3nc5nccnc5nc3c3nc5nccnc5nc43)cc2)c1. The van der Waals surface area contributed by atoms with E-state index in [-0.39, 0.29) is 5.92 Å². The van der Waals surface area contributed by atoms with Crippen molar-refractivity contribution in [3.05, 3.63) is 210 Å². The van der Waals surface area contributed by atoms with Crippen molar-refractivity contribution in [2.24, 2.45) is 0 Å². The second-order valence-corrected chi connectivity index (χ2v) is 16.3. The highest BCUT2D eigenvalue weighted by atomic mass is 15.1. The lowest BCUT2D eigenvalue weighted by Gasteiger charge is -2.26. The summed E-state index contributed by atoms with van der Waals surface area (Å²) in [6.45, 7) is 4.25. The summed E-state index contributed by atoms with van der Waals surface area (Å²) in [6.07, 6.45) is 6.40. The number of aromatic nitrogens is 10. The molecule has 1 atom stereocenters. The molecular weight excluding hydrogens is 815 g/mol. The highest BCUT2D eigenvalue weighted by Crippen LogP contribution is 2.41.